The van der Waals surface area contributed by atoms with E-state index in [0.29, 0.717) is 12.8 Å². The van der Waals surface area contributed by atoms with E-state index < -0.39 is 12.1 Å². The van der Waals surface area contributed by atoms with Crippen molar-refractivity contribution >= 4 is 11.9 Å². The van der Waals surface area contributed by atoms with Gasteiger partial charge < -0.3 is 14.8 Å². The Labute approximate surface area is 108 Å². The average molecular weight is 258 g/mol. The van der Waals surface area contributed by atoms with E-state index in [4.69, 9.17) is 4.74 Å². The molecule has 0 aromatic rings. The first-order chi connectivity index (χ1) is 8.67. The molecule has 0 aliphatic carbocycles. The van der Waals surface area contributed by atoms with E-state index in [-0.39, 0.29) is 5.78 Å². The zero-order valence-electron chi connectivity index (χ0n) is 11.1. The largest absolute Gasteiger partial charge is 0.453 e. The Morgan fingerprint density at radius 3 is 2.61 bits per heavy atom. The van der Waals surface area contributed by atoms with E-state index in [1.165, 1.54) is 7.11 Å². The summed E-state index contributed by atoms with van der Waals surface area (Å²) in [6.45, 7) is 5.80. The lowest BCUT2D eigenvalue weighted by Gasteiger charge is -2.28. The van der Waals surface area contributed by atoms with Crippen molar-refractivity contribution in [1.29, 1.82) is 0 Å². The number of nitrogens with one attached hydrogen (secondary N) is 1. The first-order valence-electron chi connectivity index (χ1n) is 6.34. The number of carbonyl (C=O) groups is 2. The summed E-state index contributed by atoms with van der Waals surface area (Å²) in [4.78, 5) is 25.1. The quantitative estimate of drug-likeness (QED) is 0.747. The van der Waals surface area contributed by atoms with Crippen LogP contribution in [-0.4, -0.2) is 62.8 Å². The number of ether oxygens (including phenoxy) is 2. The van der Waals surface area contributed by atoms with Gasteiger partial charge in [-0.25, -0.2) is 4.79 Å². The molecular formula is C12H22N2O4. The van der Waals surface area contributed by atoms with Crippen LogP contribution in [0.1, 0.15) is 19.8 Å². The van der Waals surface area contributed by atoms with Crippen molar-refractivity contribution in [3.8, 4) is 0 Å². The zero-order chi connectivity index (χ0) is 13.4. The molecule has 18 heavy (non-hydrogen) atoms. The fraction of sp³-hybridized carbons (Fsp3) is 0.833. The van der Waals surface area contributed by atoms with Crippen LogP contribution in [0.25, 0.3) is 0 Å². The van der Waals surface area contributed by atoms with Gasteiger partial charge in [-0.15, -0.1) is 0 Å². The Morgan fingerprint density at radius 1 is 1.39 bits per heavy atom. The first-order valence-corrected chi connectivity index (χ1v) is 6.34. The van der Waals surface area contributed by atoms with Gasteiger partial charge in [0.25, 0.3) is 0 Å². The minimum atomic E-state index is -0.552. The summed E-state index contributed by atoms with van der Waals surface area (Å²) in [7, 11) is 1.30. The van der Waals surface area contributed by atoms with E-state index >= 15 is 0 Å². The van der Waals surface area contributed by atoms with E-state index in [9.17, 15) is 9.59 Å². The van der Waals surface area contributed by atoms with E-state index in [1.807, 2.05) is 0 Å². The topological polar surface area (TPSA) is 67.9 Å². The number of rotatable bonds is 6. The number of hydrogen-bond donors (Lipinski definition) is 1. The lowest BCUT2D eigenvalue weighted by Crippen LogP contribution is -2.44. The highest BCUT2D eigenvalue weighted by Gasteiger charge is 2.21. The van der Waals surface area contributed by atoms with Gasteiger partial charge in [0.15, 0.2) is 5.78 Å². The van der Waals surface area contributed by atoms with Gasteiger partial charge in [0.1, 0.15) is 0 Å². The summed E-state index contributed by atoms with van der Waals surface area (Å²) < 4.78 is 9.79. The van der Waals surface area contributed by atoms with Gasteiger partial charge >= 0.3 is 6.09 Å². The highest BCUT2D eigenvalue weighted by molar-refractivity contribution is 5.87. The van der Waals surface area contributed by atoms with Gasteiger partial charge in [-0.2, -0.15) is 0 Å². The Morgan fingerprint density at radius 2 is 2.06 bits per heavy atom. The SMILES string of the molecule is CCC(=O)C(CCN1CCOCC1)NC(=O)OC. The van der Waals surface area contributed by atoms with Crippen molar-refractivity contribution < 1.29 is 19.1 Å². The van der Waals surface area contributed by atoms with Gasteiger partial charge in [0.05, 0.1) is 26.4 Å². The number of nitrogens with zero attached hydrogens (tertiary/aromatic N) is 1. The number of amides is 1. The van der Waals surface area contributed by atoms with E-state index in [1.54, 1.807) is 6.92 Å². The Balaban J connectivity index is 2.39. The normalized spacial score (nSPS) is 18.1. The van der Waals surface area contributed by atoms with Gasteiger partial charge in [-0.3, -0.25) is 9.69 Å². The van der Waals surface area contributed by atoms with Crippen molar-refractivity contribution in [2.75, 3.05) is 40.0 Å². The summed E-state index contributed by atoms with van der Waals surface area (Å²) >= 11 is 0. The van der Waals surface area contributed by atoms with Gasteiger partial charge in [0, 0.05) is 26.1 Å². The molecule has 1 fully saturated rings. The molecule has 0 bridgehead atoms. The number of Topliss-reactive ketones (excluding diaryl/α,β-unsaturated/α-hetero) is 1. The van der Waals surface area contributed by atoms with Gasteiger partial charge in [-0.05, 0) is 6.42 Å². The molecule has 6 heteroatoms. The molecule has 1 aliphatic heterocycles. The Bertz CT molecular complexity index is 277. The van der Waals surface area contributed by atoms with Gasteiger partial charge in [0.2, 0.25) is 0 Å². The number of ketones is 1. The molecule has 1 N–H and O–H groups in total. The summed E-state index contributed by atoms with van der Waals surface area (Å²) in [6, 6.07) is -0.453. The predicted octanol–water partition coefficient (Wildman–Crippen LogP) is 0.412. The van der Waals surface area contributed by atoms with Crippen LogP contribution < -0.4 is 5.32 Å². The maximum Gasteiger partial charge on any atom is 0.407 e. The summed E-state index contributed by atoms with van der Waals surface area (Å²) in [6.07, 6.45) is 0.475. The van der Waals surface area contributed by atoms with Crippen LogP contribution >= 0.6 is 0 Å². The average Bonchev–Trinajstić information content (AvgIpc) is 2.43. The number of methoxy groups -OCH3 is 1. The van der Waals surface area contributed by atoms with Crippen LogP contribution in [-0.2, 0) is 14.3 Å². The summed E-state index contributed by atoms with van der Waals surface area (Å²) in [5, 5.41) is 2.59. The highest BCUT2D eigenvalue weighted by atomic mass is 16.5. The maximum atomic E-state index is 11.7. The Kier molecular flexibility index (Phi) is 6.67. The van der Waals surface area contributed by atoms with Crippen molar-refractivity contribution in [1.82, 2.24) is 10.2 Å². The van der Waals surface area contributed by atoms with Crippen molar-refractivity contribution in [3.05, 3.63) is 0 Å². The van der Waals surface area contributed by atoms with E-state index in [2.05, 4.69) is 15.0 Å². The minimum absolute atomic E-state index is 0.0358. The molecule has 104 valence electrons. The molecular weight excluding hydrogens is 236 g/mol. The fourth-order valence-electron chi connectivity index (χ4n) is 1.90. The van der Waals surface area contributed by atoms with Crippen LogP contribution in [0.4, 0.5) is 4.79 Å². The molecule has 1 heterocycles. The monoisotopic (exact) mass is 258 g/mol. The number of hydrogen-bond acceptors (Lipinski definition) is 5. The molecule has 0 radical (unpaired) electrons. The number of carbonyl (C=O) groups excluding carboxylic acids is 2. The molecule has 1 saturated heterocycles. The fourth-order valence-corrected chi connectivity index (χ4v) is 1.90. The lowest BCUT2D eigenvalue weighted by atomic mass is 10.1. The molecule has 1 unspecified atom stereocenters. The van der Waals surface area contributed by atoms with Gasteiger partial charge in [-0.1, -0.05) is 6.92 Å². The van der Waals surface area contributed by atoms with Crippen LogP contribution in [0.5, 0.6) is 0 Å². The third-order valence-corrected chi connectivity index (χ3v) is 3.05. The van der Waals surface area contributed by atoms with Crippen LogP contribution in [0.15, 0.2) is 0 Å². The molecule has 1 aliphatic rings. The zero-order valence-corrected chi connectivity index (χ0v) is 11.1. The molecule has 1 amide bonds. The second-order valence-electron chi connectivity index (χ2n) is 4.25. The van der Waals surface area contributed by atoms with Crippen molar-refractivity contribution in [3.63, 3.8) is 0 Å². The highest BCUT2D eigenvalue weighted by Crippen LogP contribution is 2.03. The summed E-state index contributed by atoms with van der Waals surface area (Å²) in [5.74, 6) is 0.0358. The second kappa shape index (κ2) is 8.05. The number of morpholine rings is 1. The van der Waals surface area contributed by atoms with Crippen LogP contribution in [0.3, 0.4) is 0 Å². The molecule has 0 aromatic carbocycles. The van der Waals surface area contributed by atoms with Crippen molar-refractivity contribution in [2.24, 2.45) is 0 Å². The second-order valence-corrected chi connectivity index (χ2v) is 4.25. The molecule has 0 spiro atoms. The molecule has 1 atom stereocenters. The standard InChI is InChI=1S/C12H22N2O4/c1-3-11(15)10(13-12(16)17-2)4-5-14-6-8-18-9-7-14/h10H,3-9H2,1-2H3,(H,13,16). The van der Waals surface area contributed by atoms with Crippen molar-refractivity contribution in [2.45, 2.75) is 25.8 Å². The molecule has 0 saturated carbocycles. The lowest BCUT2D eigenvalue weighted by molar-refractivity contribution is -0.121. The molecule has 1 rings (SSSR count). The van der Waals surface area contributed by atoms with Crippen LogP contribution in [0, 0.1) is 0 Å². The number of alkyl carbamates (subject to hydrolysis) is 1. The molecule has 0 aromatic heterocycles. The summed E-state index contributed by atoms with van der Waals surface area (Å²) in [5.41, 5.74) is 0. The first kappa shape index (κ1) is 14.9. The van der Waals surface area contributed by atoms with Crippen LogP contribution in [0.2, 0.25) is 0 Å². The third-order valence-electron chi connectivity index (χ3n) is 3.05. The molecule has 6 nitrogen and oxygen atoms in total. The Hall–Kier alpha value is -1.14. The minimum Gasteiger partial charge on any atom is -0.453 e. The third kappa shape index (κ3) is 5.01. The predicted molar refractivity (Wildman–Crippen MR) is 66.5 cm³/mol. The maximum absolute atomic E-state index is 11.7. The van der Waals surface area contributed by atoms with E-state index in [0.717, 1.165) is 32.8 Å². The smallest absolute Gasteiger partial charge is 0.407 e.